The minimum atomic E-state index is -4.35. The van der Waals surface area contributed by atoms with Crippen LogP contribution in [0.3, 0.4) is 0 Å². The highest BCUT2D eigenvalue weighted by Gasteiger charge is 2.31. The lowest BCUT2D eigenvalue weighted by Crippen LogP contribution is -2.17. The van der Waals surface area contributed by atoms with Crippen LogP contribution in [0.4, 0.5) is 13.2 Å². The molecular formula is C10H12BrF3N2. The Balaban J connectivity index is 3.09. The summed E-state index contributed by atoms with van der Waals surface area (Å²) in [6.45, 7) is 0.337. The summed E-state index contributed by atoms with van der Waals surface area (Å²) in [6, 6.07) is 2.95. The van der Waals surface area contributed by atoms with Crippen LogP contribution in [0.1, 0.15) is 23.6 Å². The second-order valence-corrected chi connectivity index (χ2v) is 4.27. The highest BCUT2D eigenvalue weighted by atomic mass is 79.9. The molecule has 0 bridgehead atoms. The van der Waals surface area contributed by atoms with Crippen LogP contribution >= 0.6 is 15.9 Å². The van der Waals surface area contributed by atoms with Crippen molar-refractivity contribution in [3.63, 3.8) is 0 Å². The van der Waals surface area contributed by atoms with Crippen molar-refractivity contribution < 1.29 is 13.2 Å². The quantitative estimate of drug-likeness (QED) is 0.901. The molecule has 1 aromatic carbocycles. The van der Waals surface area contributed by atoms with Crippen LogP contribution in [0.5, 0.6) is 0 Å². The van der Waals surface area contributed by atoms with Crippen molar-refractivity contribution in [2.45, 2.75) is 18.6 Å². The van der Waals surface area contributed by atoms with Crippen LogP contribution in [0.25, 0.3) is 0 Å². The number of rotatable bonds is 3. The smallest absolute Gasteiger partial charge is 0.330 e. The summed E-state index contributed by atoms with van der Waals surface area (Å²) in [4.78, 5) is 0. The molecule has 16 heavy (non-hydrogen) atoms. The Morgan fingerprint density at radius 3 is 2.44 bits per heavy atom. The summed E-state index contributed by atoms with van der Waals surface area (Å²) >= 11 is 3.18. The molecule has 1 rings (SSSR count). The van der Waals surface area contributed by atoms with E-state index in [0.717, 1.165) is 12.1 Å². The largest absolute Gasteiger partial charge is 0.416 e. The van der Waals surface area contributed by atoms with Gasteiger partial charge in [-0.3, -0.25) is 0 Å². The lowest BCUT2D eigenvalue weighted by atomic mass is 10.0. The summed E-state index contributed by atoms with van der Waals surface area (Å²) in [7, 11) is 0. The first-order valence-corrected chi connectivity index (χ1v) is 5.48. The average molecular weight is 297 g/mol. The number of hydrogen-bond donors (Lipinski definition) is 2. The Morgan fingerprint density at radius 1 is 1.31 bits per heavy atom. The van der Waals surface area contributed by atoms with Crippen molar-refractivity contribution in [3.05, 3.63) is 33.8 Å². The molecular weight excluding hydrogens is 285 g/mol. The summed E-state index contributed by atoms with van der Waals surface area (Å²) in [5, 5.41) is 0. The van der Waals surface area contributed by atoms with Gasteiger partial charge in [-0.2, -0.15) is 13.2 Å². The molecule has 0 aliphatic rings. The zero-order chi connectivity index (χ0) is 12.3. The maximum Gasteiger partial charge on any atom is 0.416 e. The van der Waals surface area contributed by atoms with E-state index in [2.05, 4.69) is 15.9 Å². The monoisotopic (exact) mass is 296 g/mol. The molecule has 0 aromatic heterocycles. The molecule has 2 nitrogen and oxygen atoms in total. The Labute approximate surface area is 99.9 Å². The molecule has 0 aliphatic carbocycles. The predicted molar refractivity (Wildman–Crippen MR) is 59.7 cm³/mol. The van der Waals surface area contributed by atoms with Crippen molar-refractivity contribution in [2.75, 3.05) is 6.54 Å². The molecule has 6 heteroatoms. The third kappa shape index (κ3) is 3.20. The van der Waals surface area contributed by atoms with E-state index < -0.39 is 17.8 Å². The third-order valence-corrected chi connectivity index (χ3v) is 2.92. The Bertz CT molecular complexity index is 366. The number of hydrogen-bond acceptors (Lipinski definition) is 2. The molecule has 1 aromatic rings. The van der Waals surface area contributed by atoms with Gasteiger partial charge in [-0.05, 0) is 36.7 Å². The Kier molecular flexibility index (Phi) is 4.35. The Morgan fingerprint density at radius 2 is 1.94 bits per heavy atom. The van der Waals surface area contributed by atoms with Crippen LogP contribution in [0.2, 0.25) is 0 Å². The predicted octanol–water partition coefficient (Wildman–Crippen LogP) is 2.82. The van der Waals surface area contributed by atoms with E-state index in [-0.39, 0.29) is 0 Å². The third-order valence-electron chi connectivity index (χ3n) is 2.20. The first-order chi connectivity index (χ1) is 7.36. The molecule has 0 saturated heterocycles. The standard InChI is InChI=1S/C10H12BrF3N2/c11-8-2-1-6(10(12,13)14)5-7(8)9(16)3-4-15/h1-2,5,9H,3-4,15-16H2/t9-/m0/s1. The SMILES string of the molecule is NCC[C@H](N)c1cc(C(F)(F)F)ccc1Br. The van der Waals surface area contributed by atoms with E-state index >= 15 is 0 Å². The fourth-order valence-electron chi connectivity index (χ4n) is 1.34. The summed E-state index contributed by atoms with van der Waals surface area (Å²) in [5.74, 6) is 0. The summed E-state index contributed by atoms with van der Waals surface area (Å²) < 4.78 is 38.0. The van der Waals surface area contributed by atoms with Crippen LogP contribution < -0.4 is 11.5 Å². The van der Waals surface area contributed by atoms with Crippen molar-refractivity contribution in [2.24, 2.45) is 11.5 Å². The van der Waals surface area contributed by atoms with Gasteiger partial charge in [0.1, 0.15) is 0 Å². The van der Waals surface area contributed by atoms with Gasteiger partial charge in [0.15, 0.2) is 0 Å². The molecule has 0 unspecified atom stereocenters. The second-order valence-electron chi connectivity index (χ2n) is 3.42. The fraction of sp³-hybridized carbons (Fsp3) is 0.400. The molecule has 90 valence electrons. The first kappa shape index (κ1) is 13.5. The molecule has 0 fully saturated rings. The minimum Gasteiger partial charge on any atom is -0.330 e. The average Bonchev–Trinajstić information content (AvgIpc) is 2.16. The number of alkyl halides is 3. The van der Waals surface area contributed by atoms with Gasteiger partial charge in [-0.25, -0.2) is 0 Å². The minimum absolute atomic E-state index is 0.337. The van der Waals surface area contributed by atoms with Gasteiger partial charge in [0.2, 0.25) is 0 Å². The molecule has 0 radical (unpaired) electrons. The lowest BCUT2D eigenvalue weighted by molar-refractivity contribution is -0.137. The van der Waals surface area contributed by atoms with Gasteiger partial charge in [-0.15, -0.1) is 0 Å². The maximum atomic E-state index is 12.5. The number of halogens is 4. The molecule has 0 saturated carbocycles. The molecule has 1 atom stereocenters. The van der Waals surface area contributed by atoms with Gasteiger partial charge in [0, 0.05) is 10.5 Å². The maximum absolute atomic E-state index is 12.5. The highest BCUT2D eigenvalue weighted by Crippen LogP contribution is 2.33. The van der Waals surface area contributed by atoms with Crippen molar-refractivity contribution >= 4 is 15.9 Å². The van der Waals surface area contributed by atoms with E-state index in [9.17, 15) is 13.2 Å². The summed E-state index contributed by atoms with van der Waals surface area (Å²) in [6.07, 6.45) is -3.90. The topological polar surface area (TPSA) is 52.0 Å². The second kappa shape index (κ2) is 5.16. The normalized spacial score (nSPS) is 13.9. The van der Waals surface area contributed by atoms with E-state index in [1.165, 1.54) is 6.07 Å². The molecule has 0 aliphatic heterocycles. The molecule has 0 amide bonds. The first-order valence-electron chi connectivity index (χ1n) is 4.68. The van der Waals surface area contributed by atoms with E-state index in [1.54, 1.807) is 0 Å². The lowest BCUT2D eigenvalue weighted by Gasteiger charge is -2.15. The molecule has 0 heterocycles. The van der Waals surface area contributed by atoms with Gasteiger partial charge >= 0.3 is 6.18 Å². The van der Waals surface area contributed by atoms with Crippen LogP contribution in [-0.4, -0.2) is 6.54 Å². The van der Waals surface area contributed by atoms with E-state index in [4.69, 9.17) is 11.5 Å². The zero-order valence-electron chi connectivity index (χ0n) is 8.39. The molecule has 0 spiro atoms. The number of benzene rings is 1. The van der Waals surface area contributed by atoms with Crippen molar-refractivity contribution in [1.29, 1.82) is 0 Å². The van der Waals surface area contributed by atoms with Gasteiger partial charge < -0.3 is 11.5 Å². The zero-order valence-corrected chi connectivity index (χ0v) is 9.98. The van der Waals surface area contributed by atoms with E-state index in [0.29, 0.717) is 23.0 Å². The van der Waals surface area contributed by atoms with Crippen molar-refractivity contribution in [3.8, 4) is 0 Å². The molecule has 4 N–H and O–H groups in total. The van der Waals surface area contributed by atoms with Gasteiger partial charge in [-0.1, -0.05) is 15.9 Å². The van der Waals surface area contributed by atoms with Crippen LogP contribution in [0.15, 0.2) is 22.7 Å². The van der Waals surface area contributed by atoms with Crippen molar-refractivity contribution in [1.82, 2.24) is 0 Å². The highest BCUT2D eigenvalue weighted by molar-refractivity contribution is 9.10. The van der Waals surface area contributed by atoms with Gasteiger partial charge in [0.25, 0.3) is 0 Å². The fourth-order valence-corrected chi connectivity index (χ4v) is 1.88. The summed E-state index contributed by atoms with van der Waals surface area (Å²) in [5.41, 5.74) is 10.8. The van der Waals surface area contributed by atoms with Crippen LogP contribution in [0, 0.1) is 0 Å². The van der Waals surface area contributed by atoms with E-state index in [1.807, 2.05) is 0 Å². The van der Waals surface area contributed by atoms with Crippen LogP contribution in [-0.2, 0) is 6.18 Å². The van der Waals surface area contributed by atoms with Gasteiger partial charge in [0.05, 0.1) is 5.56 Å². The number of nitrogens with two attached hydrogens (primary N) is 2. The Hall–Kier alpha value is -0.590.